The van der Waals surface area contributed by atoms with Gasteiger partial charge in [-0.05, 0) is 49.4 Å². The molecule has 2 rings (SSSR count). The van der Waals surface area contributed by atoms with Crippen molar-refractivity contribution in [3.8, 4) is 17.2 Å². The molecule has 0 amide bonds. The van der Waals surface area contributed by atoms with Gasteiger partial charge in [0.2, 0.25) is 0 Å². The van der Waals surface area contributed by atoms with Gasteiger partial charge in [-0.2, -0.15) is 0 Å². The lowest BCUT2D eigenvalue weighted by Crippen LogP contribution is -2.14. The third-order valence-electron chi connectivity index (χ3n) is 2.69. The van der Waals surface area contributed by atoms with Crippen LogP contribution in [0, 0.1) is 5.82 Å². The largest absolute Gasteiger partial charge is 0.494 e. The van der Waals surface area contributed by atoms with Gasteiger partial charge < -0.3 is 20.4 Å². The zero-order valence-corrected chi connectivity index (χ0v) is 11.4. The molecule has 0 saturated heterocycles. The normalized spacial score (nSPS) is 11.2. The zero-order valence-electron chi connectivity index (χ0n) is 11.4. The molecule has 0 aliphatic heterocycles. The summed E-state index contributed by atoms with van der Waals surface area (Å²) in [5.41, 5.74) is 5.69. The second-order valence-corrected chi connectivity index (χ2v) is 4.13. The van der Waals surface area contributed by atoms with Crippen LogP contribution in [0.2, 0.25) is 0 Å². The van der Waals surface area contributed by atoms with Crippen molar-refractivity contribution >= 4 is 5.84 Å². The average molecular weight is 290 g/mol. The minimum Gasteiger partial charge on any atom is -0.494 e. The molecule has 0 atom stereocenters. The monoisotopic (exact) mass is 290 g/mol. The third kappa shape index (κ3) is 3.62. The number of halogens is 1. The van der Waals surface area contributed by atoms with Crippen LogP contribution in [0.5, 0.6) is 17.2 Å². The van der Waals surface area contributed by atoms with E-state index in [2.05, 4.69) is 5.16 Å². The maximum atomic E-state index is 13.3. The molecule has 0 spiro atoms. The molecule has 2 aromatic carbocycles. The Hall–Kier alpha value is -2.76. The van der Waals surface area contributed by atoms with Crippen LogP contribution in [-0.4, -0.2) is 17.6 Å². The summed E-state index contributed by atoms with van der Waals surface area (Å²) >= 11 is 0. The Morgan fingerprint density at radius 2 is 1.86 bits per heavy atom. The molecule has 0 radical (unpaired) electrons. The number of nitrogens with zero attached hydrogens (tertiary/aromatic N) is 1. The lowest BCUT2D eigenvalue weighted by atomic mass is 10.2. The molecule has 0 unspecified atom stereocenters. The van der Waals surface area contributed by atoms with Crippen molar-refractivity contribution in [3.63, 3.8) is 0 Å². The highest BCUT2D eigenvalue weighted by atomic mass is 19.1. The number of benzene rings is 2. The van der Waals surface area contributed by atoms with Crippen LogP contribution in [0.4, 0.5) is 4.39 Å². The Morgan fingerprint density at radius 3 is 2.48 bits per heavy atom. The van der Waals surface area contributed by atoms with Gasteiger partial charge in [0.25, 0.3) is 0 Å². The highest BCUT2D eigenvalue weighted by Crippen LogP contribution is 2.27. The van der Waals surface area contributed by atoms with E-state index >= 15 is 0 Å². The number of hydrogen-bond donors (Lipinski definition) is 2. The molecule has 0 aromatic heterocycles. The summed E-state index contributed by atoms with van der Waals surface area (Å²) in [6, 6.07) is 10.7. The summed E-state index contributed by atoms with van der Waals surface area (Å²) in [6.07, 6.45) is 0. The van der Waals surface area contributed by atoms with Gasteiger partial charge in [0.05, 0.1) is 12.2 Å². The molecule has 0 aliphatic carbocycles. The first-order valence-corrected chi connectivity index (χ1v) is 6.32. The lowest BCUT2D eigenvalue weighted by molar-refractivity contribution is 0.318. The van der Waals surface area contributed by atoms with Crippen LogP contribution in [0.25, 0.3) is 0 Å². The molecule has 3 N–H and O–H groups in total. The third-order valence-corrected chi connectivity index (χ3v) is 2.69. The van der Waals surface area contributed by atoms with Crippen LogP contribution in [0.15, 0.2) is 47.6 Å². The maximum absolute atomic E-state index is 13.3. The second kappa shape index (κ2) is 6.60. The van der Waals surface area contributed by atoms with Gasteiger partial charge in [-0.15, -0.1) is 0 Å². The summed E-state index contributed by atoms with van der Waals surface area (Å²) in [4.78, 5) is 0. The molecule has 0 saturated carbocycles. The number of ether oxygens (including phenoxy) is 2. The van der Waals surface area contributed by atoms with Gasteiger partial charge in [0, 0.05) is 0 Å². The smallest absolute Gasteiger partial charge is 0.173 e. The molecule has 110 valence electrons. The summed E-state index contributed by atoms with van der Waals surface area (Å²) < 4.78 is 24.2. The quantitative estimate of drug-likeness (QED) is 0.384. The van der Waals surface area contributed by atoms with Crippen molar-refractivity contribution in [1.29, 1.82) is 0 Å². The molecular weight excluding hydrogens is 275 g/mol. The van der Waals surface area contributed by atoms with Crippen molar-refractivity contribution < 1.29 is 19.1 Å². The molecule has 0 heterocycles. The van der Waals surface area contributed by atoms with Crippen molar-refractivity contribution in [2.24, 2.45) is 10.9 Å². The first kappa shape index (κ1) is 14.6. The SMILES string of the molecule is CCOc1ccc(Oc2ccc(F)cc2C(N)=NO)cc1. The highest BCUT2D eigenvalue weighted by Gasteiger charge is 2.11. The average Bonchev–Trinajstić information content (AvgIpc) is 2.50. The minimum absolute atomic E-state index is 0.173. The molecule has 0 aliphatic rings. The van der Waals surface area contributed by atoms with E-state index in [4.69, 9.17) is 20.4 Å². The van der Waals surface area contributed by atoms with E-state index in [9.17, 15) is 4.39 Å². The van der Waals surface area contributed by atoms with Gasteiger partial charge in [-0.3, -0.25) is 0 Å². The van der Waals surface area contributed by atoms with Crippen LogP contribution in [-0.2, 0) is 0 Å². The zero-order chi connectivity index (χ0) is 15.2. The maximum Gasteiger partial charge on any atom is 0.173 e. The summed E-state index contributed by atoms with van der Waals surface area (Å²) in [5, 5.41) is 11.6. The molecule has 0 fully saturated rings. The Labute approximate surface area is 121 Å². The van der Waals surface area contributed by atoms with Crippen molar-refractivity contribution in [1.82, 2.24) is 0 Å². The van der Waals surface area contributed by atoms with Crippen LogP contribution < -0.4 is 15.2 Å². The number of rotatable bonds is 5. The number of hydrogen-bond acceptors (Lipinski definition) is 4. The fourth-order valence-electron chi connectivity index (χ4n) is 1.74. The van der Waals surface area contributed by atoms with Crippen LogP contribution in [0.1, 0.15) is 12.5 Å². The van der Waals surface area contributed by atoms with Crippen molar-refractivity contribution in [2.75, 3.05) is 6.61 Å². The van der Waals surface area contributed by atoms with E-state index < -0.39 is 5.82 Å². The fourth-order valence-corrected chi connectivity index (χ4v) is 1.74. The van der Waals surface area contributed by atoms with Gasteiger partial charge in [-0.1, -0.05) is 5.16 Å². The minimum atomic E-state index is -0.504. The number of amidine groups is 1. The number of nitrogens with two attached hydrogens (primary N) is 1. The van der Waals surface area contributed by atoms with Crippen LogP contribution in [0.3, 0.4) is 0 Å². The van der Waals surface area contributed by atoms with E-state index in [0.717, 1.165) is 11.8 Å². The first-order valence-electron chi connectivity index (χ1n) is 6.32. The standard InChI is InChI=1S/C15H15FN2O3/c1-2-20-11-4-6-12(7-5-11)21-14-8-3-10(16)9-13(14)15(17)18-19/h3-9,19H,2H2,1H3,(H2,17,18). The topological polar surface area (TPSA) is 77.1 Å². The van der Waals surface area contributed by atoms with Crippen molar-refractivity contribution in [2.45, 2.75) is 6.92 Å². The summed E-state index contributed by atoms with van der Waals surface area (Å²) in [6.45, 7) is 2.47. The Morgan fingerprint density at radius 1 is 1.19 bits per heavy atom. The molecular formula is C15H15FN2O3. The van der Waals surface area contributed by atoms with E-state index in [-0.39, 0.29) is 17.1 Å². The van der Waals surface area contributed by atoms with E-state index in [0.29, 0.717) is 12.4 Å². The molecule has 2 aromatic rings. The first-order chi connectivity index (χ1) is 10.1. The second-order valence-electron chi connectivity index (χ2n) is 4.13. The van der Waals surface area contributed by atoms with Crippen molar-refractivity contribution in [3.05, 3.63) is 53.8 Å². The Kier molecular flexibility index (Phi) is 4.61. The Bertz CT molecular complexity index is 642. The summed E-state index contributed by atoms with van der Waals surface area (Å²) in [5.74, 6) is 0.805. The Balaban J connectivity index is 2.26. The van der Waals surface area contributed by atoms with E-state index in [1.165, 1.54) is 12.1 Å². The van der Waals surface area contributed by atoms with Gasteiger partial charge in [0.1, 0.15) is 23.1 Å². The van der Waals surface area contributed by atoms with E-state index in [1.807, 2.05) is 6.92 Å². The fraction of sp³-hybridized carbons (Fsp3) is 0.133. The number of oxime groups is 1. The predicted octanol–water partition coefficient (Wildman–Crippen LogP) is 3.11. The molecule has 0 bridgehead atoms. The van der Waals surface area contributed by atoms with Gasteiger partial charge in [0.15, 0.2) is 5.84 Å². The molecule has 21 heavy (non-hydrogen) atoms. The summed E-state index contributed by atoms with van der Waals surface area (Å²) in [7, 11) is 0. The van der Waals surface area contributed by atoms with Gasteiger partial charge in [-0.25, -0.2) is 4.39 Å². The molecule has 5 nitrogen and oxygen atoms in total. The lowest BCUT2D eigenvalue weighted by Gasteiger charge is -2.11. The van der Waals surface area contributed by atoms with Gasteiger partial charge >= 0.3 is 0 Å². The van der Waals surface area contributed by atoms with E-state index in [1.54, 1.807) is 24.3 Å². The molecule has 6 heteroatoms. The predicted molar refractivity (Wildman–Crippen MR) is 76.6 cm³/mol. The highest BCUT2D eigenvalue weighted by molar-refractivity contribution is 5.99. The van der Waals surface area contributed by atoms with Crippen LogP contribution >= 0.6 is 0 Å².